The molecule has 3 aromatic rings. The van der Waals surface area contributed by atoms with Crippen LogP contribution in [0, 0.1) is 0 Å². The van der Waals surface area contributed by atoms with Gasteiger partial charge in [-0.1, -0.05) is 53.2 Å². The van der Waals surface area contributed by atoms with Gasteiger partial charge in [-0.3, -0.25) is 9.69 Å². The quantitative estimate of drug-likeness (QED) is 0.406. The first-order valence-corrected chi connectivity index (χ1v) is 11.5. The Labute approximate surface area is 189 Å². The Balaban J connectivity index is 1.81. The number of hydrogen-bond donors (Lipinski definition) is 0. The second-order valence-electron chi connectivity index (χ2n) is 6.62. The number of benzene rings is 2. The van der Waals surface area contributed by atoms with E-state index in [0.717, 1.165) is 34.3 Å². The molecule has 1 aromatic heterocycles. The highest BCUT2D eigenvalue weighted by molar-refractivity contribution is 9.10. The zero-order valence-corrected chi connectivity index (χ0v) is 19.8. The zero-order valence-electron chi connectivity index (χ0n) is 17.4. The fourth-order valence-electron chi connectivity index (χ4n) is 3.07. The number of aromatic nitrogens is 1. The number of nitrogens with zero attached hydrogens (tertiary/aromatic N) is 3. The zero-order chi connectivity index (χ0) is 21.5. The lowest BCUT2D eigenvalue weighted by Crippen LogP contribution is -2.41. The predicted molar refractivity (Wildman–Crippen MR) is 126 cm³/mol. The standard InChI is InChI=1S/C22H26BrN3O3S/c1-4-25(5-2)12-13-26(22-24-17-11-10-16(23)14-20(17)30-22)21(27)15-29-19-9-7-6-8-18(19)28-3/h6-11,14H,4-5,12-13,15H2,1-3H3. The van der Waals surface area contributed by atoms with Crippen LogP contribution in [0.25, 0.3) is 10.2 Å². The Morgan fingerprint density at radius 1 is 1.10 bits per heavy atom. The summed E-state index contributed by atoms with van der Waals surface area (Å²) in [5.74, 6) is 1.02. The molecule has 30 heavy (non-hydrogen) atoms. The number of amides is 1. The second-order valence-corrected chi connectivity index (χ2v) is 8.55. The number of fused-ring (bicyclic) bond motifs is 1. The number of methoxy groups -OCH3 is 1. The van der Waals surface area contributed by atoms with Crippen molar-refractivity contribution in [2.24, 2.45) is 0 Å². The van der Waals surface area contributed by atoms with Gasteiger partial charge in [-0.15, -0.1) is 0 Å². The average Bonchev–Trinajstić information content (AvgIpc) is 3.18. The summed E-state index contributed by atoms with van der Waals surface area (Å²) in [6, 6.07) is 13.3. The molecule has 0 saturated heterocycles. The van der Waals surface area contributed by atoms with Crippen LogP contribution in [0.4, 0.5) is 5.13 Å². The van der Waals surface area contributed by atoms with Crippen LogP contribution in [0.3, 0.4) is 0 Å². The third kappa shape index (κ3) is 5.50. The Kier molecular flexibility index (Phi) is 8.07. The van der Waals surface area contributed by atoms with Gasteiger partial charge in [-0.05, 0) is 43.4 Å². The van der Waals surface area contributed by atoms with Crippen molar-refractivity contribution in [1.82, 2.24) is 9.88 Å². The molecule has 0 spiro atoms. The first-order valence-electron chi connectivity index (χ1n) is 9.90. The van der Waals surface area contributed by atoms with Crippen LogP contribution < -0.4 is 14.4 Å². The summed E-state index contributed by atoms with van der Waals surface area (Å²) in [5.41, 5.74) is 0.879. The number of thiazole rings is 1. The van der Waals surface area contributed by atoms with Crippen LogP contribution in [-0.4, -0.2) is 55.7 Å². The third-order valence-corrected chi connectivity index (χ3v) is 6.36. The van der Waals surface area contributed by atoms with Gasteiger partial charge in [0.05, 0.1) is 17.3 Å². The molecule has 0 aliphatic rings. The number of carbonyl (C=O) groups is 1. The van der Waals surface area contributed by atoms with E-state index in [0.29, 0.717) is 23.2 Å². The summed E-state index contributed by atoms with van der Waals surface area (Å²) in [6.45, 7) is 7.35. The Hall–Kier alpha value is -2.16. The van der Waals surface area contributed by atoms with Gasteiger partial charge in [0.1, 0.15) is 0 Å². The van der Waals surface area contributed by atoms with Crippen molar-refractivity contribution < 1.29 is 14.3 Å². The maximum atomic E-state index is 13.1. The van der Waals surface area contributed by atoms with E-state index in [2.05, 4.69) is 34.7 Å². The van der Waals surface area contributed by atoms with Crippen molar-refractivity contribution in [3.8, 4) is 11.5 Å². The van der Waals surface area contributed by atoms with Gasteiger partial charge in [-0.25, -0.2) is 4.98 Å². The van der Waals surface area contributed by atoms with Gasteiger partial charge in [0, 0.05) is 17.6 Å². The van der Waals surface area contributed by atoms with Crippen LogP contribution in [0.15, 0.2) is 46.9 Å². The van der Waals surface area contributed by atoms with Crippen molar-refractivity contribution in [3.05, 3.63) is 46.9 Å². The molecular formula is C22H26BrN3O3S. The number of ether oxygens (including phenoxy) is 2. The maximum Gasteiger partial charge on any atom is 0.266 e. The molecule has 0 radical (unpaired) electrons. The molecule has 0 atom stereocenters. The van der Waals surface area contributed by atoms with Gasteiger partial charge >= 0.3 is 0 Å². The van der Waals surface area contributed by atoms with Gasteiger partial charge in [-0.2, -0.15) is 0 Å². The molecule has 0 aliphatic carbocycles. The molecule has 2 aromatic carbocycles. The molecule has 6 nitrogen and oxygen atoms in total. The van der Waals surface area contributed by atoms with Crippen LogP contribution >= 0.6 is 27.3 Å². The minimum atomic E-state index is -0.133. The lowest BCUT2D eigenvalue weighted by Gasteiger charge is -2.24. The van der Waals surface area contributed by atoms with Gasteiger partial charge in [0.25, 0.3) is 5.91 Å². The number of para-hydroxylation sites is 2. The Morgan fingerprint density at radius 3 is 2.53 bits per heavy atom. The summed E-state index contributed by atoms with van der Waals surface area (Å²) in [7, 11) is 1.58. The lowest BCUT2D eigenvalue weighted by molar-refractivity contribution is -0.120. The van der Waals surface area contributed by atoms with E-state index in [9.17, 15) is 4.79 Å². The number of halogens is 1. The maximum absolute atomic E-state index is 13.1. The molecule has 160 valence electrons. The molecule has 8 heteroatoms. The van der Waals surface area contributed by atoms with Gasteiger partial charge in [0.15, 0.2) is 23.2 Å². The molecule has 0 aliphatic heterocycles. The van der Waals surface area contributed by atoms with E-state index in [1.54, 1.807) is 18.1 Å². The molecule has 0 unspecified atom stereocenters. The van der Waals surface area contributed by atoms with E-state index in [-0.39, 0.29) is 12.5 Å². The van der Waals surface area contributed by atoms with E-state index >= 15 is 0 Å². The lowest BCUT2D eigenvalue weighted by atomic mass is 10.3. The first kappa shape index (κ1) is 22.5. The minimum absolute atomic E-state index is 0.0851. The molecule has 3 rings (SSSR count). The Bertz CT molecular complexity index is 991. The molecule has 1 amide bonds. The third-order valence-electron chi connectivity index (χ3n) is 4.83. The summed E-state index contributed by atoms with van der Waals surface area (Å²) < 4.78 is 13.1. The second kappa shape index (κ2) is 10.7. The highest BCUT2D eigenvalue weighted by atomic mass is 79.9. The van der Waals surface area contributed by atoms with Crippen molar-refractivity contribution in [3.63, 3.8) is 0 Å². The number of anilines is 1. The van der Waals surface area contributed by atoms with Crippen LogP contribution in [0.1, 0.15) is 13.8 Å². The summed E-state index contributed by atoms with van der Waals surface area (Å²) >= 11 is 5.01. The number of hydrogen-bond acceptors (Lipinski definition) is 6. The average molecular weight is 492 g/mol. The number of carbonyl (C=O) groups excluding carboxylic acids is 1. The monoisotopic (exact) mass is 491 g/mol. The highest BCUT2D eigenvalue weighted by Gasteiger charge is 2.21. The van der Waals surface area contributed by atoms with Gasteiger partial charge in [0.2, 0.25) is 0 Å². The molecular weight excluding hydrogens is 466 g/mol. The van der Waals surface area contributed by atoms with E-state index in [4.69, 9.17) is 14.5 Å². The van der Waals surface area contributed by atoms with Gasteiger partial charge < -0.3 is 14.4 Å². The minimum Gasteiger partial charge on any atom is -0.493 e. The van der Waals surface area contributed by atoms with E-state index in [1.807, 2.05) is 36.4 Å². The van der Waals surface area contributed by atoms with Crippen molar-refractivity contribution >= 4 is 48.5 Å². The molecule has 0 bridgehead atoms. The fourth-order valence-corrected chi connectivity index (χ4v) is 4.63. The number of rotatable bonds is 10. The fraction of sp³-hybridized carbons (Fsp3) is 0.364. The summed E-state index contributed by atoms with van der Waals surface area (Å²) in [5, 5.41) is 0.684. The van der Waals surface area contributed by atoms with Crippen molar-refractivity contribution in [2.45, 2.75) is 13.8 Å². The first-order chi connectivity index (χ1) is 14.5. The van der Waals surface area contributed by atoms with Crippen LogP contribution in [-0.2, 0) is 4.79 Å². The van der Waals surface area contributed by atoms with Crippen LogP contribution in [0.2, 0.25) is 0 Å². The number of likely N-dealkylation sites (N-methyl/N-ethyl adjacent to an activating group) is 1. The predicted octanol–water partition coefficient (Wildman–Crippen LogP) is 4.82. The molecule has 0 fully saturated rings. The topological polar surface area (TPSA) is 54.9 Å². The normalized spacial score (nSPS) is 11.1. The van der Waals surface area contributed by atoms with Crippen LogP contribution in [0.5, 0.6) is 11.5 Å². The SMILES string of the molecule is CCN(CC)CCN(C(=O)COc1ccccc1OC)c1nc2ccc(Br)cc2s1. The van der Waals surface area contributed by atoms with E-state index in [1.165, 1.54) is 11.3 Å². The van der Waals surface area contributed by atoms with Crippen molar-refractivity contribution in [1.29, 1.82) is 0 Å². The summed E-state index contributed by atoms with van der Waals surface area (Å²) in [6.07, 6.45) is 0. The van der Waals surface area contributed by atoms with Crippen molar-refractivity contribution in [2.75, 3.05) is 44.8 Å². The smallest absolute Gasteiger partial charge is 0.266 e. The van der Waals surface area contributed by atoms with E-state index < -0.39 is 0 Å². The largest absolute Gasteiger partial charge is 0.493 e. The highest BCUT2D eigenvalue weighted by Crippen LogP contribution is 2.31. The molecule has 0 saturated carbocycles. The molecule has 0 N–H and O–H groups in total. The molecule has 1 heterocycles. The summed E-state index contributed by atoms with van der Waals surface area (Å²) in [4.78, 5) is 21.9. The Morgan fingerprint density at radius 2 is 1.83 bits per heavy atom.